The predicted octanol–water partition coefficient (Wildman–Crippen LogP) is 2.82. The monoisotopic (exact) mass is 580 g/mol. The predicted molar refractivity (Wildman–Crippen MR) is 156 cm³/mol. The molecular formula is C33H44N2O7. The zero-order valence-corrected chi connectivity index (χ0v) is 24.6. The highest BCUT2D eigenvalue weighted by molar-refractivity contribution is 5.96. The number of allylic oxidation sites excluding steroid dienone is 1. The lowest BCUT2D eigenvalue weighted by Crippen LogP contribution is -2.59. The summed E-state index contributed by atoms with van der Waals surface area (Å²) in [6.45, 7) is 2.15. The molecule has 4 N–H and O–H groups in total. The van der Waals surface area contributed by atoms with Crippen molar-refractivity contribution < 1.29 is 34.4 Å². The third-order valence-corrected chi connectivity index (χ3v) is 10.3. The minimum absolute atomic E-state index is 0.0208. The van der Waals surface area contributed by atoms with Crippen molar-refractivity contribution in [2.45, 2.75) is 82.6 Å². The van der Waals surface area contributed by atoms with E-state index in [4.69, 9.17) is 9.47 Å². The van der Waals surface area contributed by atoms with E-state index >= 15 is 0 Å². The number of rotatable bonds is 10. The third kappa shape index (κ3) is 5.13. The molecule has 4 saturated carbocycles. The maximum atomic E-state index is 13.9. The first kappa shape index (κ1) is 29.2. The molecule has 42 heavy (non-hydrogen) atoms. The van der Waals surface area contributed by atoms with Gasteiger partial charge in [0.15, 0.2) is 11.5 Å². The van der Waals surface area contributed by atoms with Crippen LogP contribution >= 0.6 is 0 Å². The van der Waals surface area contributed by atoms with Gasteiger partial charge in [-0.3, -0.25) is 9.59 Å². The van der Waals surface area contributed by atoms with E-state index in [1.807, 2.05) is 13.0 Å². The topological polar surface area (TPSA) is 129 Å². The van der Waals surface area contributed by atoms with Gasteiger partial charge in [-0.05, 0) is 98.0 Å². The molecule has 2 amide bonds. The van der Waals surface area contributed by atoms with Crippen molar-refractivity contribution in [2.24, 2.45) is 23.2 Å². The highest BCUT2D eigenvalue weighted by atomic mass is 16.5. The average molecular weight is 581 g/mol. The van der Waals surface area contributed by atoms with Gasteiger partial charge in [-0.1, -0.05) is 13.0 Å². The lowest BCUT2D eigenvalue weighted by Gasteiger charge is -2.58. The summed E-state index contributed by atoms with van der Waals surface area (Å²) in [4.78, 5) is 29.3. The van der Waals surface area contributed by atoms with E-state index in [-0.39, 0.29) is 37.0 Å². The average Bonchev–Trinajstić information content (AvgIpc) is 3.36. The molecule has 0 aromatic heterocycles. The third-order valence-electron chi connectivity index (χ3n) is 10.3. The standard InChI is InChI=1S/C33H44N2O7/c1-3-4-5-27(38)35(18-33-14-19-8-20(15-33)10-21(9-19)16-33)25-13-24(32(40)34-6-7-36)28-23-11-22(17-37)12-26(41-2)30(23)42-31(28)29(25)39/h4-5,11-13,19-21,25,28-29,31,36-37,39H,3,6-10,14-18H2,1-2H3,(H,34,40). The molecule has 7 rings (SSSR count). The number of nitrogens with one attached hydrogen (secondary N) is 1. The summed E-state index contributed by atoms with van der Waals surface area (Å²) in [5, 5.41) is 34.1. The molecule has 4 bridgehead atoms. The zero-order chi connectivity index (χ0) is 29.6. The van der Waals surface area contributed by atoms with Crippen molar-refractivity contribution >= 4 is 11.8 Å². The van der Waals surface area contributed by atoms with Gasteiger partial charge in [0, 0.05) is 24.2 Å². The number of aliphatic hydroxyl groups excluding tert-OH is 3. The molecular weight excluding hydrogens is 536 g/mol. The maximum Gasteiger partial charge on any atom is 0.247 e. The lowest BCUT2D eigenvalue weighted by atomic mass is 9.49. The minimum Gasteiger partial charge on any atom is -0.493 e. The number of amides is 2. The second-order valence-corrected chi connectivity index (χ2v) is 13.2. The van der Waals surface area contributed by atoms with Crippen molar-refractivity contribution in [3.05, 3.63) is 47.1 Å². The minimum atomic E-state index is -1.10. The zero-order valence-electron chi connectivity index (χ0n) is 24.6. The first-order chi connectivity index (χ1) is 20.3. The van der Waals surface area contributed by atoms with Crippen molar-refractivity contribution in [2.75, 3.05) is 26.8 Å². The van der Waals surface area contributed by atoms with Gasteiger partial charge in [-0.25, -0.2) is 0 Å². The molecule has 6 aliphatic rings. The smallest absolute Gasteiger partial charge is 0.247 e. The summed E-state index contributed by atoms with van der Waals surface area (Å²) in [7, 11) is 1.51. The Bertz CT molecular complexity index is 1240. The number of benzene rings is 1. The van der Waals surface area contributed by atoms with Gasteiger partial charge in [0.1, 0.15) is 12.2 Å². The van der Waals surface area contributed by atoms with E-state index in [1.54, 1.807) is 29.2 Å². The van der Waals surface area contributed by atoms with E-state index in [1.165, 1.54) is 26.4 Å². The Hall–Kier alpha value is -2.88. The SMILES string of the molecule is CCC=CC(=O)N(CC12CC3CC(CC(C3)C1)C2)C1C=C(C(=O)NCCO)C2c3cc(CO)cc(OC)c3OC2C1O. The molecule has 5 aliphatic carbocycles. The number of ether oxygens (including phenoxy) is 2. The summed E-state index contributed by atoms with van der Waals surface area (Å²) < 4.78 is 12.0. The molecule has 9 heteroatoms. The van der Waals surface area contributed by atoms with E-state index in [2.05, 4.69) is 5.32 Å². The Labute approximate surface area is 247 Å². The molecule has 4 unspecified atom stereocenters. The van der Waals surface area contributed by atoms with Crippen molar-refractivity contribution in [1.29, 1.82) is 0 Å². The molecule has 1 aromatic carbocycles. The van der Waals surface area contributed by atoms with Crippen LogP contribution in [0.15, 0.2) is 35.9 Å². The number of carbonyl (C=O) groups excluding carboxylic acids is 2. The molecule has 1 heterocycles. The van der Waals surface area contributed by atoms with Gasteiger partial charge in [-0.2, -0.15) is 0 Å². The van der Waals surface area contributed by atoms with E-state index in [9.17, 15) is 24.9 Å². The highest BCUT2D eigenvalue weighted by Gasteiger charge is 2.55. The Kier molecular flexibility index (Phi) is 8.11. The number of nitrogens with zero attached hydrogens (tertiary/aromatic N) is 1. The van der Waals surface area contributed by atoms with Crippen LogP contribution in [0.3, 0.4) is 0 Å². The molecule has 9 nitrogen and oxygen atoms in total. The molecule has 228 valence electrons. The molecule has 1 aliphatic heterocycles. The van der Waals surface area contributed by atoms with Gasteiger partial charge < -0.3 is 35.0 Å². The number of fused-ring (bicyclic) bond motifs is 3. The van der Waals surface area contributed by atoms with Crippen LogP contribution in [-0.2, 0) is 16.2 Å². The Morgan fingerprint density at radius 2 is 1.83 bits per heavy atom. The van der Waals surface area contributed by atoms with Gasteiger partial charge in [0.2, 0.25) is 11.8 Å². The van der Waals surface area contributed by atoms with Crippen LogP contribution in [-0.4, -0.2) is 77.1 Å². The number of carbonyl (C=O) groups is 2. The summed E-state index contributed by atoms with van der Waals surface area (Å²) in [5.41, 5.74) is 1.65. The first-order valence-corrected chi connectivity index (χ1v) is 15.5. The van der Waals surface area contributed by atoms with Gasteiger partial charge in [0.25, 0.3) is 0 Å². The molecule has 0 spiro atoms. The Morgan fingerprint density at radius 3 is 2.43 bits per heavy atom. The summed E-state index contributed by atoms with van der Waals surface area (Å²) >= 11 is 0. The van der Waals surface area contributed by atoms with Crippen molar-refractivity contribution in [3.8, 4) is 11.5 Å². The fourth-order valence-electron chi connectivity index (χ4n) is 9.11. The first-order valence-electron chi connectivity index (χ1n) is 15.5. The van der Waals surface area contributed by atoms with Crippen LogP contribution in [0.2, 0.25) is 0 Å². The van der Waals surface area contributed by atoms with Crippen LogP contribution in [0.4, 0.5) is 0 Å². The van der Waals surface area contributed by atoms with Crippen LogP contribution in [0.1, 0.15) is 68.9 Å². The van der Waals surface area contributed by atoms with Crippen molar-refractivity contribution in [1.82, 2.24) is 10.2 Å². The number of hydrogen-bond acceptors (Lipinski definition) is 7. The van der Waals surface area contributed by atoms with E-state index in [0.717, 1.165) is 19.3 Å². The largest absolute Gasteiger partial charge is 0.493 e. The Balaban J connectivity index is 1.41. The van der Waals surface area contributed by atoms with Gasteiger partial charge >= 0.3 is 0 Å². The molecule has 0 radical (unpaired) electrons. The number of aliphatic hydroxyl groups is 3. The van der Waals surface area contributed by atoms with Crippen LogP contribution < -0.4 is 14.8 Å². The van der Waals surface area contributed by atoms with Crippen LogP contribution in [0.5, 0.6) is 11.5 Å². The molecule has 0 saturated heterocycles. The molecule has 1 aromatic rings. The Morgan fingerprint density at radius 1 is 1.14 bits per heavy atom. The molecule has 4 fully saturated rings. The van der Waals surface area contributed by atoms with E-state index < -0.39 is 24.2 Å². The van der Waals surface area contributed by atoms with Gasteiger partial charge in [-0.15, -0.1) is 0 Å². The van der Waals surface area contributed by atoms with Crippen LogP contribution in [0, 0.1) is 23.2 Å². The fourth-order valence-corrected chi connectivity index (χ4v) is 9.11. The quantitative estimate of drug-likeness (QED) is 0.313. The highest BCUT2D eigenvalue weighted by Crippen LogP contribution is 2.60. The summed E-state index contributed by atoms with van der Waals surface area (Å²) in [6.07, 6.45) is 11.1. The summed E-state index contributed by atoms with van der Waals surface area (Å²) in [6, 6.07) is 2.69. The normalized spacial score (nSPS) is 34.0. The summed E-state index contributed by atoms with van der Waals surface area (Å²) in [5.74, 6) is 1.77. The lowest BCUT2D eigenvalue weighted by molar-refractivity contribution is -0.140. The van der Waals surface area contributed by atoms with Crippen LogP contribution in [0.25, 0.3) is 0 Å². The maximum absolute atomic E-state index is 13.9. The van der Waals surface area contributed by atoms with E-state index in [0.29, 0.717) is 58.9 Å². The fraction of sp³-hybridized carbons (Fsp3) is 0.636. The number of methoxy groups -OCH3 is 1. The number of hydrogen-bond donors (Lipinski definition) is 4. The second kappa shape index (κ2) is 11.7. The molecule has 4 atom stereocenters. The second-order valence-electron chi connectivity index (χ2n) is 13.2. The van der Waals surface area contributed by atoms with Gasteiger partial charge in [0.05, 0.1) is 32.3 Å². The van der Waals surface area contributed by atoms with Crippen molar-refractivity contribution in [3.63, 3.8) is 0 Å².